The number of morpholine rings is 1. The van der Waals surface area contributed by atoms with Crippen LogP contribution < -0.4 is 10.2 Å². The van der Waals surface area contributed by atoms with Crippen LogP contribution in [-0.2, 0) is 4.74 Å². The number of nitrogens with zero attached hydrogens (tertiary/aromatic N) is 1. The summed E-state index contributed by atoms with van der Waals surface area (Å²) >= 11 is 0. The van der Waals surface area contributed by atoms with Crippen LogP contribution in [0.15, 0.2) is 24.3 Å². The van der Waals surface area contributed by atoms with E-state index in [0.29, 0.717) is 12.1 Å². The van der Waals surface area contributed by atoms with Gasteiger partial charge in [-0.2, -0.15) is 0 Å². The predicted molar refractivity (Wildman–Crippen MR) is 80.8 cm³/mol. The van der Waals surface area contributed by atoms with Gasteiger partial charge in [-0.25, -0.2) is 0 Å². The Bertz CT molecular complexity index is 394. The molecule has 1 saturated heterocycles. The van der Waals surface area contributed by atoms with Crippen molar-refractivity contribution in [1.82, 2.24) is 5.32 Å². The summed E-state index contributed by atoms with van der Waals surface area (Å²) in [6, 6.07) is 9.22. The van der Waals surface area contributed by atoms with E-state index in [1.54, 1.807) is 0 Å². The number of anilines is 1. The Morgan fingerprint density at radius 2 is 2.16 bits per heavy atom. The first kappa shape index (κ1) is 14.4. The first-order valence-corrected chi connectivity index (χ1v) is 7.45. The SMILES string of the molecule is CCNC(CC)c1ccccc1N1CCOC(C)C1. The lowest BCUT2D eigenvalue weighted by Crippen LogP contribution is -2.42. The van der Waals surface area contributed by atoms with Crippen LogP contribution in [0.2, 0.25) is 0 Å². The zero-order chi connectivity index (χ0) is 13.7. The third kappa shape index (κ3) is 3.48. The fraction of sp³-hybridized carbons (Fsp3) is 0.625. The van der Waals surface area contributed by atoms with Gasteiger partial charge in [-0.3, -0.25) is 0 Å². The minimum absolute atomic E-state index is 0.320. The molecule has 0 aliphatic carbocycles. The fourth-order valence-electron chi connectivity index (χ4n) is 2.83. The molecule has 3 heteroatoms. The van der Waals surface area contributed by atoms with E-state index in [1.165, 1.54) is 11.3 Å². The van der Waals surface area contributed by atoms with E-state index in [0.717, 1.165) is 32.7 Å². The third-order valence-corrected chi connectivity index (χ3v) is 3.75. The summed E-state index contributed by atoms with van der Waals surface area (Å²) in [7, 11) is 0. The molecule has 0 radical (unpaired) electrons. The highest BCUT2D eigenvalue weighted by Gasteiger charge is 2.21. The lowest BCUT2D eigenvalue weighted by molar-refractivity contribution is 0.0531. The maximum absolute atomic E-state index is 5.65. The highest BCUT2D eigenvalue weighted by atomic mass is 16.5. The van der Waals surface area contributed by atoms with Crippen LogP contribution in [0.5, 0.6) is 0 Å². The van der Waals surface area contributed by atoms with Crippen LogP contribution in [0.25, 0.3) is 0 Å². The second-order valence-electron chi connectivity index (χ2n) is 5.20. The first-order valence-electron chi connectivity index (χ1n) is 7.45. The average molecular weight is 262 g/mol. The lowest BCUT2D eigenvalue weighted by Gasteiger charge is -2.35. The number of hydrogen-bond acceptors (Lipinski definition) is 3. The minimum atomic E-state index is 0.320. The van der Waals surface area contributed by atoms with Gasteiger partial charge in [0.1, 0.15) is 0 Å². The van der Waals surface area contributed by atoms with Gasteiger partial charge in [0.2, 0.25) is 0 Å². The van der Waals surface area contributed by atoms with Crippen LogP contribution in [-0.4, -0.2) is 32.3 Å². The highest BCUT2D eigenvalue weighted by Crippen LogP contribution is 2.29. The monoisotopic (exact) mass is 262 g/mol. The molecular formula is C16H26N2O. The quantitative estimate of drug-likeness (QED) is 0.883. The number of benzene rings is 1. The van der Waals surface area contributed by atoms with Gasteiger partial charge in [-0.05, 0) is 31.5 Å². The van der Waals surface area contributed by atoms with Crippen molar-refractivity contribution in [3.8, 4) is 0 Å². The molecule has 0 aromatic heterocycles. The van der Waals surface area contributed by atoms with Crippen molar-refractivity contribution >= 4 is 5.69 Å². The van der Waals surface area contributed by atoms with Gasteiger partial charge < -0.3 is 15.0 Å². The van der Waals surface area contributed by atoms with E-state index in [4.69, 9.17) is 4.74 Å². The molecule has 0 bridgehead atoms. The van der Waals surface area contributed by atoms with Crippen molar-refractivity contribution in [2.75, 3.05) is 31.1 Å². The number of nitrogens with one attached hydrogen (secondary N) is 1. The van der Waals surface area contributed by atoms with Crippen LogP contribution in [0.3, 0.4) is 0 Å². The number of hydrogen-bond donors (Lipinski definition) is 1. The van der Waals surface area contributed by atoms with Crippen LogP contribution in [0.4, 0.5) is 5.69 Å². The third-order valence-electron chi connectivity index (χ3n) is 3.75. The van der Waals surface area contributed by atoms with E-state index in [-0.39, 0.29) is 0 Å². The lowest BCUT2D eigenvalue weighted by atomic mass is 10.0. The molecule has 1 fully saturated rings. The number of rotatable bonds is 5. The first-order chi connectivity index (χ1) is 9.26. The molecule has 2 unspecified atom stereocenters. The Morgan fingerprint density at radius 1 is 1.37 bits per heavy atom. The van der Waals surface area contributed by atoms with E-state index >= 15 is 0 Å². The molecule has 3 nitrogen and oxygen atoms in total. The molecule has 2 atom stereocenters. The summed E-state index contributed by atoms with van der Waals surface area (Å²) in [6.07, 6.45) is 1.44. The molecule has 0 saturated carbocycles. The molecule has 1 aromatic carbocycles. The summed E-state index contributed by atoms with van der Waals surface area (Å²) in [5.74, 6) is 0. The largest absolute Gasteiger partial charge is 0.375 e. The molecule has 1 heterocycles. The van der Waals surface area contributed by atoms with Gasteiger partial charge in [0, 0.05) is 24.8 Å². The predicted octanol–water partition coefficient (Wildman–Crippen LogP) is 2.97. The zero-order valence-electron chi connectivity index (χ0n) is 12.4. The second-order valence-corrected chi connectivity index (χ2v) is 5.20. The van der Waals surface area contributed by atoms with Gasteiger partial charge in [-0.1, -0.05) is 32.0 Å². The minimum Gasteiger partial charge on any atom is -0.375 e. The van der Waals surface area contributed by atoms with Gasteiger partial charge >= 0.3 is 0 Å². The maximum atomic E-state index is 5.65. The molecule has 106 valence electrons. The topological polar surface area (TPSA) is 24.5 Å². The number of ether oxygens (including phenoxy) is 1. The molecule has 1 N–H and O–H groups in total. The Kier molecular flexibility index (Phi) is 5.23. The summed E-state index contributed by atoms with van der Waals surface area (Å²) in [5.41, 5.74) is 2.78. The average Bonchev–Trinajstić information content (AvgIpc) is 2.45. The van der Waals surface area contributed by atoms with E-state index in [1.807, 2.05) is 0 Å². The molecule has 0 amide bonds. The van der Waals surface area contributed by atoms with Crippen molar-refractivity contribution in [3.63, 3.8) is 0 Å². The zero-order valence-corrected chi connectivity index (χ0v) is 12.4. The van der Waals surface area contributed by atoms with E-state index in [9.17, 15) is 0 Å². The molecule has 2 rings (SSSR count). The Hall–Kier alpha value is -1.06. The highest BCUT2D eigenvalue weighted by molar-refractivity contribution is 5.55. The van der Waals surface area contributed by atoms with Gasteiger partial charge in [-0.15, -0.1) is 0 Å². The van der Waals surface area contributed by atoms with Crippen LogP contribution in [0.1, 0.15) is 38.8 Å². The standard InChI is InChI=1S/C16H26N2O/c1-4-15(17-5-2)14-8-6-7-9-16(14)18-10-11-19-13(3)12-18/h6-9,13,15,17H,4-5,10-12H2,1-3H3. The molecule has 0 spiro atoms. The van der Waals surface area contributed by atoms with Crippen molar-refractivity contribution < 1.29 is 4.74 Å². The van der Waals surface area contributed by atoms with E-state index in [2.05, 4.69) is 55.3 Å². The Labute approximate surface area is 116 Å². The second kappa shape index (κ2) is 6.92. The number of para-hydroxylation sites is 1. The normalized spacial score (nSPS) is 21.4. The van der Waals surface area contributed by atoms with Crippen LogP contribution in [0, 0.1) is 0 Å². The summed E-state index contributed by atoms with van der Waals surface area (Å²) in [6.45, 7) is 10.4. The molecule has 19 heavy (non-hydrogen) atoms. The fourth-order valence-corrected chi connectivity index (χ4v) is 2.83. The van der Waals surface area contributed by atoms with Crippen molar-refractivity contribution in [3.05, 3.63) is 29.8 Å². The summed E-state index contributed by atoms with van der Waals surface area (Å²) < 4.78 is 5.65. The molecular weight excluding hydrogens is 236 g/mol. The van der Waals surface area contributed by atoms with Gasteiger partial charge in [0.25, 0.3) is 0 Å². The molecule has 1 aromatic rings. The van der Waals surface area contributed by atoms with Crippen LogP contribution >= 0.6 is 0 Å². The Balaban J connectivity index is 2.24. The molecule has 1 aliphatic heterocycles. The summed E-state index contributed by atoms with van der Waals surface area (Å²) in [4.78, 5) is 2.46. The van der Waals surface area contributed by atoms with Crippen molar-refractivity contribution in [1.29, 1.82) is 0 Å². The smallest absolute Gasteiger partial charge is 0.0722 e. The van der Waals surface area contributed by atoms with Crippen molar-refractivity contribution in [2.45, 2.75) is 39.3 Å². The van der Waals surface area contributed by atoms with Gasteiger partial charge in [0.15, 0.2) is 0 Å². The Morgan fingerprint density at radius 3 is 2.84 bits per heavy atom. The maximum Gasteiger partial charge on any atom is 0.0722 e. The van der Waals surface area contributed by atoms with Gasteiger partial charge in [0.05, 0.1) is 12.7 Å². The molecule has 1 aliphatic rings. The summed E-state index contributed by atoms with van der Waals surface area (Å²) in [5, 5.41) is 3.58. The van der Waals surface area contributed by atoms with Crippen molar-refractivity contribution in [2.24, 2.45) is 0 Å². The van der Waals surface area contributed by atoms with E-state index < -0.39 is 0 Å².